The minimum absolute atomic E-state index is 0.00236. The minimum Gasteiger partial charge on any atom is -0.481 e. The molecule has 1 atom stereocenters. The molecule has 0 fully saturated rings. The third-order valence-corrected chi connectivity index (χ3v) is 3.53. The fraction of sp³-hybridized carbons (Fsp3) is 0.529. The molecule has 1 unspecified atom stereocenters. The molecule has 0 heterocycles. The quantitative estimate of drug-likeness (QED) is 0.875. The molecule has 0 saturated heterocycles. The number of carbonyl (C=O) groups is 2. The molecule has 0 aromatic heterocycles. The molecule has 4 nitrogen and oxygen atoms in total. The van der Waals surface area contributed by atoms with Gasteiger partial charge in [0, 0.05) is 12.1 Å². The van der Waals surface area contributed by atoms with Gasteiger partial charge in [-0.05, 0) is 32.8 Å². The Morgan fingerprint density at radius 2 is 1.76 bits per heavy atom. The predicted molar refractivity (Wildman–Crippen MR) is 83.2 cm³/mol. The first-order chi connectivity index (χ1) is 9.77. The van der Waals surface area contributed by atoms with Gasteiger partial charge in [0.1, 0.15) is 0 Å². The van der Waals surface area contributed by atoms with Gasteiger partial charge in [-0.1, -0.05) is 37.3 Å². The van der Waals surface area contributed by atoms with E-state index in [-0.39, 0.29) is 24.8 Å². The van der Waals surface area contributed by atoms with E-state index in [0.717, 1.165) is 5.56 Å². The first-order valence-electron chi connectivity index (χ1n) is 7.35. The van der Waals surface area contributed by atoms with Gasteiger partial charge in [-0.2, -0.15) is 0 Å². The lowest BCUT2D eigenvalue weighted by Crippen LogP contribution is -2.48. The number of nitrogens with zero attached hydrogens (tertiary/aromatic N) is 1. The van der Waals surface area contributed by atoms with Gasteiger partial charge in [0.05, 0.1) is 12.3 Å². The molecular weight excluding hydrogens is 266 g/mol. The van der Waals surface area contributed by atoms with E-state index in [9.17, 15) is 9.59 Å². The number of carboxylic acid groups (broad SMARTS) is 1. The second kappa shape index (κ2) is 7.25. The summed E-state index contributed by atoms with van der Waals surface area (Å²) in [5.41, 5.74) is 0.587. The van der Waals surface area contributed by atoms with Crippen LogP contribution in [-0.2, 0) is 9.59 Å². The average Bonchev–Trinajstić information content (AvgIpc) is 2.39. The summed E-state index contributed by atoms with van der Waals surface area (Å²) in [5.74, 6) is -1.11. The molecule has 1 aromatic rings. The van der Waals surface area contributed by atoms with E-state index in [1.54, 1.807) is 4.90 Å². The Balaban J connectivity index is 3.00. The number of hydrogen-bond donors (Lipinski definition) is 1. The van der Waals surface area contributed by atoms with E-state index in [2.05, 4.69) is 0 Å². The van der Waals surface area contributed by atoms with Crippen LogP contribution in [0.3, 0.4) is 0 Å². The van der Waals surface area contributed by atoms with Crippen molar-refractivity contribution in [2.75, 3.05) is 6.54 Å². The highest BCUT2D eigenvalue weighted by Gasteiger charge is 2.31. The molecular formula is C17H25NO3. The van der Waals surface area contributed by atoms with Crippen LogP contribution in [0.2, 0.25) is 0 Å². The molecule has 1 N–H and O–H groups in total. The van der Waals surface area contributed by atoms with E-state index in [1.807, 2.05) is 58.0 Å². The van der Waals surface area contributed by atoms with Gasteiger partial charge >= 0.3 is 5.97 Å². The second-order valence-corrected chi connectivity index (χ2v) is 6.18. The number of benzene rings is 1. The number of rotatable bonds is 6. The van der Waals surface area contributed by atoms with Crippen molar-refractivity contribution in [3.63, 3.8) is 0 Å². The van der Waals surface area contributed by atoms with Crippen molar-refractivity contribution in [1.82, 2.24) is 4.90 Å². The van der Waals surface area contributed by atoms with Gasteiger partial charge < -0.3 is 10.0 Å². The summed E-state index contributed by atoms with van der Waals surface area (Å²) in [6.07, 6.45) is 0.663. The highest BCUT2D eigenvalue weighted by Crippen LogP contribution is 2.26. The van der Waals surface area contributed by atoms with E-state index in [0.29, 0.717) is 6.42 Å². The van der Waals surface area contributed by atoms with Crippen LogP contribution < -0.4 is 0 Å². The number of amides is 1. The molecule has 0 bridgehead atoms. The molecule has 0 aliphatic heterocycles. The zero-order valence-electron chi connectivity index (χ0n) is 13.3. The van der Waals surface area contributed by atoms with Gasteiger partial charge in [0.15, 0.2) is 0 Å². The molecule has 1 rings (SSSR count). The first kappa shape index (κ1) is 17.2. The van der Waals surface area contributed by atoms with Crippen molar-refractivity contribution < 1.29 is 14.7 Å². The molecule has 1 amide bonds. The summed E-state index contributed by atoms with van der Waals surface area (Å²) in [7, 11) is 0. The summed E-state index contributed by atoms with van der Waals surface area (Å²) in [6.45, 7) is 8.02. The SMILES string of the molecule is CCC(C(=O)N(CCC(=O)O)C(C)(C)C)c1ccccc1. The highest BCUT2D eigenvalue weighted by molar-refractivity contribution is 5.84. The fourth-order valence-corrected chi connectivity index (χ4v) is 2.41. The van der Waals surface area contributed by atoms with Crippen LogP contribution in [0.25, 0.3) is 0 Å². The Hall–Kier alpha value is -1.84. The number of carboxylic acids is 1. The molecule has 21 heavy (non-hydrogen) atoms. The van der Waals surface area contributed by atoms with Crippen LogP contribution in [0, 0.1) is 0 Å². The van der Waals surface area contributed by atoms with Crippen molar-refractivity contribution in [2.45, 2.75) is 52.0 Å². The summed E-state index contributed by atoms with van der Waals surface area (Å²) in [5, 5.41) is 8.88. The van der Waals surface area contributed by atoms with Crippen LogP contribution in [0.1, 0.15) is 52.0 Å². The van der Waals surface area contributed by atoms with Gasteiger partial charge in [0.2, 0.25) is 5.91 Å². The minimum atomic E-state index is -0.884. The number of hydrogen-bond acceptors (Lipinski definition) is 2. The molecule has 1 aromatic carbocycles. The molecule has 4 heteroatoms. The summed E-state index contributed by atoms with van der Waals surface area (Å²) in [6, 6.07) is 9.66. The predicted octanol–water partition coefficient (Wildman–Crippen LogP) is 3.28. The van der Waals surface area contributed by atoms with E-state index < -0.39 is 11.5 Å². The Bertz CT molecular complexity index is 477. The lowest BCUT2D eigenvalue weighted by Gasteiger charge is -2.38. The van der Waals surface area contributed by atoms with Gasteiger partial charge in [-0.3, -0.25) is 9.59 Å². The Labute approximate surface area is 126 Å². The van der Waals surface area contributed by atoms with Crippen molar-refractivity contribution in [3.05, 3.63) is 35.9 Å². The maximum Gasteiger partial charge on any atom is 0.305 e. The zero-order chi connectivity index (χ0) is 16.0. The number of carbonyl (C=O) groups excluding carboxylic acids is 1. The molecule has 0 spiro atoms. The van der Waals surface area contributed by atoms with Crippen LogP contribution in [0.15, 0.2) is 30.3 Å². The monoisotopic (exact) mass is 291 g/mol. The third-order valence-electron chi connectivity index (χ3n) is 3.53. The fourth-order valence-electron chi connectivity index (χ4n) is 2.41. The van der Waals surface area contributed by atoms with E-state index >= 15 is 0 Å². The lowest BCUT2D eigenvalue weighted by atomic mass is 9.92. The van der Waals surface area contributed by atoms with Crippen molar-refractivity contribution >= 4 is 11.9 Å². The van der Waals surface area contributed by atoms with Crippen LogP contribution in [-0.4, -0.2) is 34.0 Å². The van der Waals surface area contributed by atoms with Crippen LogP contribution in [0.5, 0.6) is 0 Å². The normalized spacial score (nSPS) is 12.8. The smallest absolute Gasteiger partial charge is 0.305 e. The Kier molecular flexibility index (Phi) is 5.94. The maximum atomic E-state index is 12.9. The van der Waals surface area contributed by atoms with Gasteiger partial charge in [-0.15, -0.1) is 0 Å². The van der Waals surface area contributed by atoms with Gasteiger partial charge in [-0.25, -0.2) is 0 Å². The van der Waals surface area contributed by atoms with Crippen LogP contribution >= 0.6 is 0 Å². The molecule has 0 aliphatic carbocycles. The van der Waals surface area contributed by atoms with Crippen molar-refractivity contribution in [3.8, 4) is 0 Å². The molecule has 0 saturated carbocycles. The largest absolute Gasteiger partial charge is 0.481 e. The maximum absolute atomic E-state index is 12.9. The summed E-state index contributed by atoms with van der Waals surface area (Å²) < 4.78 is 0. The van der Waals surface area contributed by atoms with Crippen LogP contribution in [0.4, 0.5) is 0 Å². The Morgan fingerprint density at radius 3 is 2.19 bits per heavy atom. The topological polar surface area (TPSA) is 57.6 Å². The summed E-state index contributed by atoms with van der Waals surface area (Å²) in [4.78, 5) is 25.4. The van der Waals surface area contributed by atoms with Crippen molar-refractivity contribution in [2.24, 2.45) is 0 Å². The highest BCUT2D eigenvalue weighted by atomic mass is 16.4. The second-order valence-electron chi connectivity index (χ2n) is 6.18. The average molecular weight is 291 g/mol. The first-order valence-corrected chi connectivity index (χ1v) is 7.35. The van der Waals surface area contributed by atoms with Crippen molar-refractivity contribution in [1.29, 1.82) is 0 Å². The standard InChI is InChI=1S/C17H25NO3/c1-5-14(13-9-7-6-8-10-13)16(21)18(17(2,3)4)12-11-15(19)20/h6-10,14H,5,11-12H2,1-4H3,(H,19,20). The number of aliphatic carboxylic acids is 1. The zero-order valence-corrected chi connectivity index (χ0v) is 13.3. The molecule has 0 radical (unpaired) electrons. The lowest BCUT2D eigenvalue weighted by molar-refractivity contribution is -0.141. The summed E-state index contributed by atoms with van der Waals surface area (Å²) >= 11 is 0. The Morgan fingerprint density at radius 1 is 1.19 bits per heavy atom. The van der Waals surface area contributed by atoms with Gasteiger partial charge in [0.25, 0.3) is 0 Å². The molecule has 0 aliphatic rings. The third kappa shape index (κ3) is 4.88. The van der Waals surface area contributed by atoms with E-state index in [1.165, 1.54) is 0 Å². The van der Waals surface area contributed by atoms with E-state index in [4.69, 9.17) is 5.11 Å². The molecule has 116 valence electrons.